The number of fused-ring (bicyclic) bond motifs is 5. The van der Waals surface area contributed by atoms with Crippen LogP contribution in [0.25, 0.3) is 27.8 Å². The first-order valence-corrected chi connectivity index (χ1v) is 6.39. The van der Waals surface area contributed by atoms with Gasteiger partial charge in [-0.3, -0.25) is 4.98 Å². The lowest BCUT2D eigenvalue weighted by Gasteiger charge is -2.14. The summed E-state index contributed by atoms with van der Waals surface area (Å²) in [5, 5.41) is 3.84. The average Bonchev–Trinajstić information content (AvgIpc) is 2.46. The van der Waals surface area contributed by atoms with Crippen molar-refractivity contribution >= 4 is 27.8 Å². The Hall–Kier alpha value is -2.15. The molecular formula is C17H13N. The molecule has 0 radical (unpaired) electrons. The Morgan fingerprint density at radius 1 is 0.889 bits per heavy atom. The standard InChI is InChI=1S/C17H13N/c1-2-6-13-12(5-1)9-10-14-15-7-3-4-8-17(15)18-11-16(13)14/h2-4,6-11H,1,5H2. The van der Waals surface area contributed by atoms with E-state index in [4.69, 9.17) is 0 Å². The molecule has 1 heteroatoms. The maximum atomic E-state index is 4.58. The van der Waals surface area contributed by atoms with Crippen molar-refractivity contribution in [2.24, 2.45) is 0 Å². The van der Waals surface area contributed by atoms with Gasteiger partial charge in [0, 0.05) is 17.0 Å². The van der Waals surface area contributed by atoms with Crippen LogP contribution in [-0.2, 0) is 6.42 Å². The Kier molecular flexibility index (Phi) is 2.01. The van der Waals surface area contributed by atoms with Crippen LogP contribution in [0.2, 0.25) is 0 Å². The first-order chi connectivity index (χ1) is 8.93. The fourth-order valence-corrected chi connectivity index (χ4v) is 2.86. The van der Waals surface area contributed by atoms with Crippen molar-refractivity contribution in [3.63, 3.8) is 0 Å². The number of aryl methyl sites for hydroxylation is 1. The number of pyridine rings is 1. The van der Waals surface area contributed by atoms with Gasteiger partial charge in [-0.25, -0.2) is 0 Å². The highest BCUT2D eigenvalue weighted by atomic mass is 14.6. The van der Waals surface area contributed by atoms with Crippen molar-refractivity contribution in [3.05, 3.63) is 59.8 Å². The zero-order valence-electron chi connectivity index (χ0n) is 10.1. The minimum atomic E-state index is 1.07. The minimum Gasteiger partial charge on any atom is -0.256 e. The highest BCUT2D eigenvalue weighted by Crippen LogP contribution is 2.31. The Labute approximate surface area is 106 Å². The van der Waals surface area contributed by atoms with Crippen molar-refractivity contribution in [1.82, 2.24) is 4.98 Å². The van der Waals surface area contributed by atoms with Crippen molar-refractivity contribution in [1.29, 1.82) is 0 Å². The summed E-state index contributed by atoms with van der Waals surface area (Å²) in [7, 11) is 0. The Morgan fingerprint density at radius 3 is 2.83 bits per heavy atom. The van der Waals surface area contributed by atoms with Gasteiger partial charge in [0.05, 0.1) is 5.52 Å². The topological polar surface area (TPSA) is 12.9 Å². The average molecular weight is 231 g/mol. The SMILES string of the molecule is C1=Cc2c(ccc3c2cnc2ccccc23)CC1. The molecule has 0 aliphatic heterocycles. The van der Waals surface area contributed by atoms with E-state index in [1.165, 1.54) is 27.3 Å². The molecule has 18 heavy (non-hydrogen) atoms. The van der Waals surface area contributed by atoms with Crippen LogP contribution in [0.5, 0.6) is 0 Å². The molecule has 1 aromatic heterocycles. The first-order valence-electron chi connectivity index (χ1n) is 6.39. The van der Waals surface area contributed by atoms with Gasteiger partial charge in [-0.1, -0.05) is 42.5 Å². The molecule has 2 aromatic carbocycles. The molecule has 1 nitrogen and oxygen atoms in total. The van der Waals surface area contributed by atoms with E-state index in [2.05, 4.69) is 47.5 Å². The van der Waals surface area contributed by atoms with Crippen LogP contribution in [0.3, 0.4) is 0 Å². The van der Waals surface area contributed by atoms with Crippen LogP contribution in [0.1, 0.15) is 17.5 Å². The molecule has 3 aromatic rings. The van der Waals surface area contributed by atoms with Crippen LogP contribution < -0.4 is 0 Å². The number of hydrogen-bond donors (Lipinski definition) is 0. The molecule has 0 unspecified atom stereocenters. The van der Waals surface area contributed by atoms with E-state index in [0.717, 1.165) is 18.4 Å². The summed E-state index contributed by atoms with van der Waals surface area (Å²) in [6, 6.07) is 12.9. The van der Waals surface area contributed by atoms with Crippen molar-refractivity contribution in [2.45, 2.75) is 12.8 Å². The van der Waals surface area contributed by atoms with Crippen molar-refractivity contribution in [3.8, 4) is 0 Å². The number of benzene rings is 2. The largest absolute Gasteiger partial charge is 0.256 e. The molecule has 0 N–H and O–H groups in total. The number of aromatic nitrogens is 1. The van der Waals surface area contributed by atoms with E-state index in [1.54, 1.807) is 0 Å². The van der Waals surface area contributed by atoms with Gasteiger partial charge in [-0.15, -0.1) is 0 Å². The van der Waals surface area contributed by atoms with Gasteiger partial charge in [0.2, 0.25) is 0 Å². The number of rotatable bonds is 0. The maximum Gasteiger partial charge on any atom is 0.0708 e. The molecule has 86 valence electrons. The summed E-state index contributed by atoms with van der Waals surface area (Å²) >= 11 is 0. The summed E-state index contributed by atoms with van der Waals surface area (Å²) in [6.07, 6.45) is 8.83. The van der Waals surface area contributed by atoms with E-state index >= 15 is 0 Å². The molecule has 0 atom stereocenters. The lowest BCUT2D eigenvalue weighted by atomic mass is 9.92. The molecule has 0 saturated heterocycles. The summed E-state index contributed by atoms with van der Waals surface area (Å²) < 4.78 is 0. The molecule has 0 saturated carbocycles. The Bertz CT molecular complexity index is 784. The Balaban J connectivity index is 2.20. The number of nitrogens with zero attached hydrogens (tertiary/aromatic N) is 1. The maximum absolute atomic E-state index is 4.58. The quantitative estimate of drug-likeness (QED) is 0.524. The second-order valence-electron chi connectivity index (χ2n) is 4.82. The third kappa shape index (κ3) is 1.31. The smallest absolute Gasteiger partial charge is 0.0708 e. The molecule has 1 aliphatic carbocycles. The lowest BCUT2D eigenvalue weighted by Crippen LogP contribution is -1.95. The fourth-order valence-electron chi connectivity index (χ4n) is 2.86. The van der Waals surface area contributed by atoms with Gasteiger partial charge in [0.1, 0.15) is 0 Å². The fraction of sp³-hybridized carbons (Fsp3) is 0.118. The van der Waals surface area contributed by atoms with Gasteiger partial charge >= 0.3 is 0 Å². The van der Waals surface area contributed by atoms with E-state index in [1.807, 2.05) is 12.3 Å². The summed E-state index contributed by atoms with van der Waals surface area (Å²) in [5.41, 5.74) is 3.88. The van der Waals surface area contributed by atoms with Gasteiger partial charge in [0.25, 0.3) is 0 Å². The number of allylic oxidation sites excluding steroid dienone is 1. The van der Waals surface area contributed by atoms with Crippen LogP contribution >= 0.6 is 0 Å². The first kappa shape index (κ1) is 9.84. The molecule has 0 fully saturated rings. The van der Waals surface area contributed by atoms with Gasteiger partial charge in [0.15, 0.2) is 0 Å². The number of para-hydroxylation sites is 1. The van der Waals surface area contributed by atoms with E-state index in [0.29, 0.717) is 0 Å². The van der Waals surface area contributed by atoms with Crippen LogP contribution in [0.4, 0.5) is 0 Å². The van der Waals surface area contributed by atoms with Gasteiger partial charge in [-0.2, -0.15) is 0 Å². The third-order valence-corrected chi connectivity index (χ3v) is 3.77. The zero-order chi connectivity index (χ0) is 11.9. The van der Waals surface area contributed by atoms with Crippen molar-refractivity contribution < 1.29 is 0 Å². The molecule has 4 rings (SSSR count). The molecule has 0 amide bonds. The highest BCUT2D eigenvalue weighted by molar-refractivity contribution is 6.08. The van der Waals surface area contributed by atoms with Gasteiger partial charge in [-0.05, 0) is 35.4 Å². The van der Waals surface area contributed by atoms with Crippen LogP contribution in [0, 0.1) is 0 Å². The monoisotopic (exact) mass is 231 g/mol. The van der Waals surface area contributed by atoms with E-state index < -0.39 is 0 Å². The highest BCUT2D eigenvalue weighted by Gasteiger charge is 2.10. The van der Waals surface area contributed by atoms with Crippen LogP contribution in [-0.4, -0.2) is 4.98 Å². The second kappa shape index (κ2) is 3.67. The predicted octanol–water partition coefficient (Wildman–Crippen LogP) is 4.35. The van der Waals surface area contributed by atoms with Gasteiger partial charge < -0.3 is 0 Å². The second-order valence-corrected chi connectivity index (χ2v) is 4.82. The normalized spacial score (nSPS) is 14.0. The molecule has 1 heterocycles. The summed E-state index contributed by atoms with van der Waals surface area (Å²) in [6.45, 7) is 0. The molecule has 0 bridgehead atoms. The van der Waals surface area contributed by atoms with Crippen LogP contribution in [0.15, 0.2) is 48.7 Å². The molecular weight excluding hydrogens is 218 g/mol. The van der Waals surface area contributed by atoms with Crippen molar-refractivity contribution in [2.75, 3.05) is 0 Å². The predicted molar refractivity (Wildman–Crippen MR) is 76.6 cm³/mol. The van der Waals surface area contributed by atoms with E-state index in [-0.39, 0.29) is 0 Å². The molecule has 0 spiro atoms. The minimum absolute atomic E-state index is 1.07. The Morgan fingerprint density at radius 2 is 1.83 bits per heavy atom. The summed E-state index contributed by atoms with van der Waals surface area (Å²) in [5.74, 6) is 0. The number of hydrogen-bond acceptors (Lipinski definition) is 1. The zero-order valence-corrected chi connectivity index (χ0v) is 10.1. The van der Waals surface area contributed by atoms with E-state index in [9.17, 15) is 0 Å². The molecule has 1 aliphatic rings. The third-order valence-electron chi connectivity index (χ3n) is 3.77. The summed E-state index contributed by atoms with van der Waals surface area (Å²) in [4.78, 5) is 4.58. The lowest BCUT2D eigenvalue weighted by molar-refractivity contribution is 0.990.